The minimum Gasteiger partial charge on any atom is -0.481 e. The van der Waals surface area contributed by atoms with Crippen molar-refractivity contribution in [1.29, 1.82) is 0 Å². The molecule has 0 radical (unpaired) electrons. The molecule has 0 saturated heterocycles. The van der Waals surface area contributed by atoms with Crippen molar-refractivity contribution >= 4 is 5.97 Å². The topological polar surface area (TPSA) is 37.3 Å². The normalized spacial score (nSPS) is 12.1. The average Bonchev–Trinajstić information content (AvgIpc) is 2.39. The van der Waals surface area contributed by atoms with Crippen LogP contribution in [-0.2, 0) is 17.6 Å². The Labute approximate surface area is 124 Å². The molecule has 0 bridgehead atoms. The van der Waals surface area contributed by atoms with E-state index in [2.05, 4.69) is 6.07 Å². The molecule has 1 N–H and O–H groups in total. The second-order valence-electron chi connectivity index (χ2n) is 5.53. The van der Waals surface area contributed by atoms with Crippen molar-refractivity contribution in [2.24, 2.45) is 5.92 Å². The molecule has 2 aromatic carbocycles. The van der Waals surface area contributed by atoms with Crippen molar-refractivity contribution in [3.63, 3.8) is 0 Å². The maximum atomic E-state index is 13.7. The van der Waals surface area contributed by atoms with Crippen LogP contribution in [0.1, 0.15) is 22.3 Å². The first-order valence-corrected chi connectivity index (χ1v) is 6.99. The third-order valence-corrected chi connectivity index (χ3v) is 3.54. The molecule has 2 nitrogen and oxygen atoms in total. The van der Waals surface area contributed by atoms with E-state index < -0.39 is 11.9 Å². The lowest BCUT2D eigenvalue weighted by molar-refractivity contribution is -0.141. The van der Waals surface area contributed by atoms with Gasteiger partial charge in [0.2, 0.25) is 0 Å². The predicted molar refractivity (Wildman–Crippen MR) is 80.8 cm³/mol. The number of hydrogen-bond acceptors (Lipinski definition) is 1. The fraction of sp³-hybridized carbons (Fsp3) is 0.278. The largest absolute Gasteiger partial charge is 0.481 e. The lowest BCUT2D eigenvalue weighted by Crippen LogP contribution is -2.20. The molecule has 0 aliphatic rings. The number of benzene rings is 2. The second-order valence-corrected chi connectivity index (χ2v) is 5.53. The quantitative estimate of drug-likeness (QED) is 0.904. The van der Waals surface area contributed by atoms with Gasteiger partial charge in [-0.3, -0.25) is 4.79 Å². The molecule has 1 unspecified atom stereocenters. The summed E-state index contributed by atoms with van der Waals surface area (Å²) in [4.78, 5) is 11.5. The summed E-state index contributed by atoms with van der Waals surface area (Å²) in [5, 5.41) is 9.40. The van der Waals surface area contributed by atoms with Gasteiger partial charge >= 0.3 is 5.97 Å². The van der Waals surface area contributed by atoms with Crippen LogP contribution >= 0.6 is 0 Å². The fourth-order valence-electron chi connectivity index (χ4n) is 2.65. The van der Waals surface area contributed by atoms with Gasteiger partial charge in [0.15, 0.2) is 0 Å². The van der Waals surface area contributed by atoms with Crippen molar-refractivity contribution < 1.29 is 14.3 Å². The molecule has 110 valence electrons. The Hall–Kier alpha value is -2.16. The molecule has 2 aromatic rings. The zero-order valence-electron chi connectivity index (χ0n) is 12.3. The van der Waals surface area contributed by atoms with Gasteiger partial charge in [-0.25, -0.2) is 4.39 Å². The molecule has 0 fully saturated rings. The monoisotopic (exact) mass is 286 g/mol. The number of hydrogen-bond donors (Lipinski definition) is 1. The van der Waals surface area contributed by atoms with E-state index in [9.17, 15) is 14.3 Å². The molecule has 0 aromatic heterocycles. The fourth-order valence-corrected chi connectivity index (χ4v) is 2.65. The summed E-state index contributed by atoms with van der Waals surface area (Å²) in [7, 11) is 0. The second kappa shape index (κ2) is 6.53. The highest BCUT2D eigenvalue weighted by Gasteiger charge is 2.20. The molecule has 0 heterocycles. The summed E-state index contributed by atoms with van der Waals surface area (Å²) in [5.74, 6) is -1.86. The Balaban J connectivity index is 2.20. The van der Waals surface area contributed by atoms with E-state index in [4.69, 9.17) is 0 Å². The molecule has 0 spiro atoms. The average molecular weight is 286 g/mol. The number of halogens is 1. The maximum Gasteiger partial charge on any atom is 0.307 e. The van der Waals surface area contributed by atoms with Crippen LogP contribution in [0.15, 0.2) is 42.5 Å². The standard InChI is InChI=1S/C18H19FO2/c1-12-7-13(2)9-14(8-12)10-16(18(20)21)11-15-5-3-4-6-17(15)19/h3-9,16H,10-11H2,1-2H3,(H,20,21). The highest BCUT2D eigenvalue weighted by molar-refractivity contribution is 5.71. The summed E-state index contributed by atoms with van der Waals surface area (Å²) in [6.45, 7) is 3.98. The van der Waals surface area contributed by atoms with Crippen molar-refractivity contribution in [2.75, 3.05) is 0 Å². The third-order valence-electron chi connectivity index (χ3n) is 3.54. The smallest absolute Gasteiger partial charge is 0.307 e. The van der Waals surface area contributed by atoms with Crippen LogP contribution in [-0.4, -0.2) is 11.1 Å². The van der Waals surface area contributed by atoms with Crippen LogP contribution in [0.5, 0.6) is 0 Å². The van der Waals surface area contributed by atoms with Crippen molar-refractivity contribution in [3.8, 4) is 0 Å². The van der Waals surface area contributed by atoms with Crippen LogP contribution in [0.25, 0.3) is 0 Å². The Bertz CT molecular complexity index is 629. The van der Waals surface area contributed by atoms with E-state index in [1.807, 2.05) is 26.0 Å². The van der Waals surface area contributed by atoms with Crippen molar-refractivity contribution in [1.82, 2.24) is 0 Å². The molecule has 0 amide bonds. The lowest BCUT2D eigenvalue weighted by atomic mass is 9.91. The van der Waals surface area contributed by atoms with Crippen molar-refractivity contribution in [3.05, 3.63) is 70.5 Å². The van der Waals surface area contributed by atoms with Gasteiger partial charge in [0.25, 0.3) is 0 Å². The Morgan fingerprint density at radius 2 is 1.71 bits per heavy atom. The van der Waals surface area contributed by atoms with Crippen LogP contribution in [0, 0.1) is 25.6 Å². The Kier molecular flexibility index (Phi) is 4.73. The molecule has 21 heavy (non-hydrogen) atoms. The maximum absolute atomic E-state index is 13.7. The van der Waals surface area contributed by atoms with E-state index in [0.717, 1.165) is 16.7 Å². The SMILES string of the molecule is Cc1cc(C)cc(CC(Cc2ccccc2F)C(=O)O)c1. The molecule has 3 heteroatoms. The van der Waals surface area contributed by atoms with E-state index in [1.165, 1.54) is 6.07 Å². The lowest BCUT2D eigenvalue weighted by Gasteiger charge is -2.14. The van der Waals surface area contributed by atoms with Crippen LogP contribution in [0.2, 0.25) is 0 Å². The van der Waals surface area contributed by atoms with Crippen LogP contribution in [0.3, 0.4) is 0 Å². The van der Waals surface area contributed by atoms with Crippen LogP contribution < -0.4 is 0 Å². The van der Waals surface area contributed by atoms with E-state index in [0.29, 0.717) is 12.0 Å². The summed E-state index contributed by atoms with van der Waals surface area (Å²) in [6.07, 6.45) is 0.612. The van der Waals surface area contributed by atoms with Gasteiger partial charge in [0.05, 0.1) is 5.92 Å². The number of aryl methyl sites for hydroxylation is 2. The minimum atomic E-state index is -0.891. The zero-order chi connectivity index (χ0) is 15.4. The first-order valence-electron chi connectivity index (χ1n) is 6.99. The number of carboxylic acid groups (broad SMARTS) is 1. The Morgan fingerprint density at radius 3 is 2.29 bits per heavy atom. The van der Waals surface area contributed by atoms with Gasteiger partial charge in [-0.15, -0.1) is 0 Å². The van der Waals surface area contributed by atoms with Gasteiger partial charge in [-0.05, 0) is 43.9 Å². The van der Waals surface area contributed by atoms with Gasteiger partial charge in [0.1, 0.15) is 5.82 Å². The number of carbonyl (C=O) groups is 1. The highest BCUT2D eigenvalue weighted by Crippen LogP contribution is 2.19. The molecule has 0 aliphatic heterocycles. The van der Waals surface area contributed by atoms with E-state index >= 15 is 0 Å². The summed E-state index contributed by atoms with van der Waals surface area (Å²) < 4.78 is 13.7. The molecule has 0 saturated carbocycles. The first kappa shape index (κ1) is 15.2. The number of rotatable bonds is 5. The number of carboxylic acids is 1. The number of aliphatic carboxylic acids is 1. The third kappa shape index (κ3) is 4.15. The van der Waals surface area contributed by atoms with Gasteiger partial charge in [-0.2, -0.15) is 0 Å². The van der Waals surface area contributed by atoms with Gasteiger partial charge in [0, 0.05) is 0 Å². The first-order chi connectivity index (χ1) is 9.95. The van der Waals surface area contributed by atoms with Crippen molar-refractivity contribution in [2.45, 2.75) is 26.7 Å². The van der Waals surface area contributed by atoms with E-state index in [1.54, 1.807) is 18.2 Å². The molecule has 0 aliphatic carbocycles. The van der Waals surface area contributed by atoms with E-state index in [-0.39, 0.29) is 12.2 Å². The summed E-state index contributed by atoms with van der Waals surface area (Å²) in [5.41, 5.74) is 3.66. The molecular formula is C18H19FO2. The molecular weight excluding hydrogens is 267 g/mol. The van der Waals surface area contributed by atoms with Gasteiger partial charge in [-0.1, -0.05) is 47.5 Å². The summed E-state index contributed by atoms with van der Waals surface area (Å²) in [6, 6.07) is 12.4. The molecule has 1 atom stereocenters. The van der Waals surface area contributed by atoms with Gasteiger partial charge < -0.3 is 5.11 Å². The minimum absolute atomic E-state index is 0.203. The molecule has 2 rings (SSSR count). The predicted octanol–water partition coefficient (Wildman–Crippen LogP) is 3.93. The Morgan fingerprint density at radius 1 is 1.10 bits per heavy atom. The van der Waals surface area contributed by atoms with Crippen LogP contribution in [0.4, 0.5) is 4.39 Å². The highest BCUT2D eigenvalue weighted by atomic mass is 19.1. The summed E-state index contributed by atoms with van der Waals surface area (Å²) >= 11 is 0. The zero-order valence-corrected chi connectivity index (χ0v) is 12.3.